The lowest BCUT2D eigenvalue weighted by molar-refractivity contribution is 0.101. The van der Waals surface area contributed by atoms with E-state index in [2.05, 4.69) is 15.5 Å². The van der Waals surface area contributed by atoms with Crippen molar-refractivity contribution in [3.8, 4) is 11.3 Å². The minimum atomic E-state index is -0.0554. The summed E-state index contributed by atoms with van der Waals surface area (Å²) in [7, 11) is 1.71. The van der Waals surface area contributed by atoms with E-state index in [0.29, 0.717) is 22.1 Å². The number of benzene rings is 1. The van der Waals surface area contributed by atoms with Crippen molar-refractivity contribution in [1.29, 1.82) is 0 Å². The van der Waals surface area contributed by atoms with E-state index in [-0.39, 0.29) is 5.78 Å². The van der Waals surface area contributed by atoms with Gasteiger partial charge in [0, 0.05) is 17.6 Å². The van der Waals surface area contributed by atoms with Crippen molar-refractivity contribution in [3.05, 3.63) is 40.4 Å². The lowest BCUT2D eigenvalue weighted by Gasteiger charge is -2.09. The monoisotopic (exact) mass is 275 g/mol. The van der Waals surface area contributed by atoms with Crippen LogP contribution in [0, 0.1) is 6.92 Å². The summed E-state index contributed by atoms with van der Waals surface area (Å²) in [4.78, 5) is 11.6. The highest BCUT2D eigenvalue weighted by Gasteiger charge is 2.12. The van der Waals surface area contributed by atoms with Crippen molar-refractivity contribution in [2.24, 2.45) is 0 Å². The fourth-order valence-electron chi connectivity index (χ4n) is 1.85. The minimum absolute atomic E-state index is 0.0554. The third kappa shape index (κ3) is 2.74. The second-order valence-corrected chi connectivity index (χ2v) is 4.69. The van der Waals surface area contributed by atoms with Gasteiger partial charge in [0.05, 0.1) is 11.3 Å². The Hall–Kier alpha value is -1.94. The summed E-state index contributed by atoms with van der Waals surface area (Å²) < 4.78 is 0. The van der Waals surface area contributed by atoms with Crippen molar-refractivity contribution < 1.29 is 4.79 Å². The molecule has 1 aromatic heterocycles. The Morgan fingerprint density at radius 1 is 1.26 bits per heavy atom. The van der Waals surface area contributed by atoms with Gasteiger partial charge >= 0.3 is 0 Å². The van der Waals surface area contributed by atoms with Crippen LogP contribution >= 0.6 is 11.6 Å². The van der Waals surface area contributed by atoms with E-state index in [4.69, 9.17) is 11.6 Å². The first kappa shape index (κ1) is 13.5. The van der Waals surface area contributed by atoms with Crippen LogP contribution in [0.1, 0.15) is 22.8 Å². The van der Waals surface area contributed by atoms with Crippen LogP contribution < -0.4 is 5.32 Å². The third-order valence-electron chi connectivity index (χ3n) is 2.89. The molecule has 1 heterocycles. The first-order valence-corrected chi connectivity index (χ1v) is 6.23. The van der Waals surface area contributed by atoms with Gasteiger partial charge in [0.1, 0.15) is 0 Å². The molecule has 0 aliphatic rings. The number of ketones is 1. The number of nitrogens with one attached hydrogen (secondary N) is 1. The Kier molecular flexibility index (Phi) is 3.81. The summed E-state index contributed by atoms with van der Waals surface area (Å²) in [5.41, 5.74) is 3.08. The van der Waals surface area contributed by atoms with E-state index in [1.54, 1.807) is 13.1 Å². The van der Waals surface area contributed by atoms with Gasteiger partial charge in [0.15, 0.2) is 11.6 Å². The average molecular weight is 276 g/mol. The van der Waals surface area contributed by atoms with Crippen LogP contribution in [0.3, 0.4) is 0 Å². The van der Waals surface area contributed by atoms with E-state index < -0.39 is 0 Å². The molecule has 1 aromatic carbocycles. The minimum Gasteiger partial charge on any atom is -0.371 e. The summed E-state index contributed by atoms with van der Waals surface area (Å²) in [5.74, 6) is 0.427. The van der Waals surface area contributed by atoms with Gasteiger partial charge in [-0.25, -0.2) is 0 Å². The first-order chi connectivity index (χ1) is 9.02. The smallest absolute Gasteiger partial charge is 0.163 e. The fraction of sp³-hybridized carbons (Fsp3) is 0.214. The molecule has 2 aromatic rings. The Balaban J connectivity index is 2.60. The number of carbonyl (C=O) groups is 1. The molecule has 0 saturated heterocycles. The molecule has 2 rings (SSSR count). The van der Waals surface area contributed by atoms with E-state index in [9.17, 15) is 4.79 Å². The van der Waals surface area contributed by atoms with Gasteiger partial charge in [-0.2, -0.15) is 0 Å². The van der Waals surface area contributed by atoms with Crippen LogP contribution in [0.15, 0.2) is 24.3 Å². The molecular weight excluding hydrogens is 262 g/mol. The lowest BCUT2D eigenvalue weighted by Crippen LogP contribution is -2.05. The van der Waals surface area contributed by atoms with Gasteiger partial charge in [0.2, 0.25) is 0 Å². The van der Waals surface area contributed by atoms with E-state index in [1.807, 2.05) is 25.1 Å². The van der Waals surface area contributed by atoms with Gasteiger partial charge in [-0.1, -0.05) is 17.7 Å². The van der Waals surface area contributed by atoms with Crippen LogP contribution in [0.5, 0.6) is 0 Å². The van der Waals surface area contributed by atoms with Crippen molar-refractivity contribution in [1.82, 2.24) is 10.2 Å². The highest BCUT2D eigenvalue weighted by molar-refractivity contribution is 6.30. The molecular formula is C14H14ClN3O. The predicted molar refractivity (Wildman–Crippen MR) is 76.8 cm³/mol. The quantitative estimate of drug-likeness (QED) is 0.873. The normalized spacial score (nSPS) is 10.3. The number of hydrogen-bond acceptors (Lipinski definition) is 4. The van der Waals surface area contributed by atoms with Crippen LogP contribution in [-0.2, 0) is 0 Å². The summed E-state index contributed by atoms with van der Waals surface area (Å²) >= 11 is 6.00. The highest BCUT2D eigenvalue weighted by Crippen LogP contribution is 2.26. The molecule has 98 valence electrons. The fourth-order valence-corrected chi connectivity index (χ4v) is 2.02. The molecule has 0 aliphatic carbocycles. The van der Waals surface area contributed by atoms with Gasteiger partial charge in [-0.05, 0) is 37.6 Å². The number of anilines is 1. The van der Waals surface area contributed by atoms with Crippen LogP contribution in [-0.4, -0.2) is 23.0 Å². The number of Topliss-reactive ketones (excluding diaryl/α,β-unsaturated/α-hetero) is 1. The Labute approximate surface area is 116 Å². The first-order valence-electron chi connectivity index (χ1n) is 5.86. The third-order valence-corrected chi connectivity index (χ3v) is 3.12. The topological polar surface area (TPSA) is 54.9 Å². The molecule has 0 spiro atoms. The van der Waals surface area contributed by atoms with Gasteiger partial charge in [-0.15, -0.1) is 10.2 Å². The number of carbonyl (C=O) groups excluding carboxylic acids is 1. The molecule has 0 bridgehead atoms. The number of nitrogens with zero attached hydrogens (tertiary/aromatic N) is 2. The molecule has 1 N–H and O–H groups in total. The molecule has 0 amide bonds. The maximum Gasteiger partial charge on any atom is 0.163 e. The molecule has 0 saturated carbocycles. The largest absolute Gasteiger partial charge is 0.371 e. The van der Waals surface area contributed by atoms with Crippen molar-refractivity contribution in [3.63, 3.8) is 0 Å². The summed E-state index contributed by atoms with van der Waals surface area (Å²) in [5, 5.41) is 11.7. The zero-order chi connectivity index (χ0) is 14.0. The van der Waals surface area contributed by atoms with Crippen molar-refractivity contribution in [2.75, 3.05) is 12.4 Å². The summed E-state index contributed by atoms with van der Waals surface area (Å²) in [6.45, 7) is 3.47. The van der Waals surface area contributed by atoms with Gasteiger partial charge in [0.25, 0.3) is 0 Å². The van der Waals surface area contributed by atoms with Crippen LogP contribution in [0.25, 0.3) is 11.3 Å². The molecule has 4 nitrogen and oxygen atoms in total. The van der Waals surface area contributed by atoms with Crippen LogP contribution in [0.2, 0.25) is 5.02 Å². The Bertz CT molecular complexity index is 641. The molecule has 19 heavy (non-hydrogen) atoms. The van der Waals surface area contributed by atoms with E-state index >= 15 is 0 Å². The molecule has 0 unspecified atom stereocenters. The maximum atomic E-state index is 11.6. The number of hydrogen-bond donors (Lipinski definition) is 1. The standard InChI is InChI=1S/C14H14ClN3O/c1-8-4-5-10(15)6-11(8)13-7-12(9(2)19)14(16-3)18-17-13/h4-7H,1-3H3,(H,16,18). The second kappa shape index (κ2) is 5.36. The highest BCUT2D eigenvalue weighted by atomic mass is 35.5. The lowest BCUT2D eigenvalue weighted by atomic mass is 10.0. The Morgan fingerprint density at radius 3 is 2.63 bits per heavy atom. The van der Waals surface area contributed by atoms with Gasteiger partial charge < -0.3 is 5.32 Å². The average Bonchev–Trinajstić information content (AvgIpc) is 2.40. The second-order valence-electron chi connectivity index (χ2n) is 4.26. The Morgan fingerprint density at radius 2 is 2.00 bits per heavy atom. The summed E-state index contributed by atoms with van der Waals surface area (Å²) in [6.07, 6.45) is 0. The molecule has 0 radical (unpaired) electrons. The number of aromatic nitrogens is 2. The molecule has 0 fully saturated rings. The molecule has 0 aliphatic heterocycles. The van der Waals surface area contributed by atoms with Gasteiger partial charge in [-0.3, -0.25) is 4.79 Å². The SMILES string of the molecule is CNc1nnc(-c2cc(Cl)ccc2C)cc1C(C)=O. The summed E-state index contributed by atoms with van der Waals surface area (Å²) in [6, 6.07) is 7.30. The predicted octanol–water partition coefficient (Wildman–Crippen LogP) is 3.35. The van der Waals surface area contributed by atoms with Crippen molar-refractivity contribution >= 4 is 23.2 Å². The van der Waals surface area contributed by atoms with Crippen LogP contribution in [0.4, 0.5) is 5.82 Å². The van der Waals surface area contributed by atoms with E-state index in [1.165, 1.54) is 6.92 Å². The van der Waals surface area contributed by atoms with E-state index in [0.717, 1.165) is 11.1 Å². The number of rotatable bonds is 3. The maximum absolute atomic E-state index is 11.6. The van der Waals surface area contributed by atoms with Crippen molar-refractivity contribution in [2.45, 2.75) is 13.8 Å². The zero-order valence-corrected chi connectivity index (χ0v) is 11.7. The number of aryl methyl sites for hydroxylation is 1. The molecule has 0 atom stereocenters. The number of halogens is 1. The molecule has 5 heteroatoms. The zero-order valence-electron chi connectivity index (χ0n) is 11.0.